The van der Waals surface area contributed by atoms with Crippen LogP contribution in [0.3, 0.4) is 0 Å². The van der Waals surface area contributed by atoms with Crippen molar-refractivity contribution < 1.29 is 8.42 Å². The van der Waals surface area contributed by atoms with Gasteiger partial charge in [-0.05, 0) is 57.0 Å². The molecule has 1 aromatic carbocycles. The summed E-state index contributed by atoms with van der Waals surface area (Å²) in [6.07, 6.45) is 5.62. The highest BCUT2D eigenvalue weighted by atomic mass is 35.5. The molecule has 0 aliphatic carbocycles. The van der Waals surface area contributed by atoms with Gasteiger partial charge in [-0.2, -0.15) is 13.1 Å². The monoisotopic (exact) mass is 359 g/mol. The first-order chi connectivity index (χ1) is 11.0. The summed E-state index contributed by atoms with van der Waals surface area (Å²) in [5.41, 5.74) is 0.879. The van der Waals surface area contributed by atoms with Gasteiger partial charge in [0.1, 0.15) is 0 Å². The van der Waals surface area contributed by atoms with Gasteiger partial charge in [0.05, 0.1) is 0 Å². The summed E-state index contributed by atoms with van der Waals surface area (Å²) in [6.45, 7) is 1.93. The second-order valence-electron chi connectivity index (χ2n) is 6.12. The van der Waals surface area contributed by atoms with E-state index in [0.717, 1.165) is 24.8 Å². The molecule has 7 heteroatoms. The van der Waals surface area contributed by atoms with Crippen LogP contribution in [0.1, 0.15) is 37.7 Å². The number of nitrogens with zero attached hydrogens (tertiary/aromatic N) is 1. The minimum Gasteiger partial charge on any atom is -0.303 e. The molecule has 0 amide bonds. The summed E-state index contributed by atoms with van der Waals surface area (Å²) in [7, 11) is -1.28. The Kier molecular flexibility index (Phi) is 7.30. The van der Waals surface area contributed by atoms with Gasteiger partial charge in [-0.25, -0.2) is 4.72 Å². The zero-order valence-corrected chi connectivity index (χ0v) is 15.2. The smallest absolute Gasteiger partial charge is 0.277 e. The van der Waals surface area contributed by atoms with Crippen LogP contribution in [0, 0.1) is 0 Å². The van der Waals surface area contributed by atoms with E-state index in [-0.39, 0.29) is 6.54 Å². The highest BCUT2D eigenvalue weighted by Crippen LogP contribution is 2.19. The zero-order valence-electron chi connectivity index (χ0n) is 13.6. The molecule has 1 atom stereocenters. The number of unbranched alkanes of at least 4 members (excludes halogenated alkanes) is 1. The molecule has 1 aliphatic heterocycles. The normalized spacial score (nSPS) is 19.3. The van der Waals surface area contributed by atoms with Gasteiger partial charge in [0.25, 0.3) is 10.2 Å². The van der Waals surface area contributed by atoms with E-state index in [1.165, 1.54) is 19.4 Å². The third-order valence-corrected chi connectivity index (χ3v) is 5.67. The predicted molar refractivity (Wildman–Crippen MR) is 94.7 cm³/mol. The lowest BCUT2D eigenvalue weighted by molar-refractivity contribution is 0.290. The minimum atomic E-state index is -3.44. The molecule has 1 saturated heterocycles. The maximum atomic E-state index is 11.9. The molecule has 0 unspecified atom stereocenters. The van der Waals surface area contributed by atoms with E-state index in [1.807, 2.05) is 12.1 Å². The Balaban J connectivity index is 1.61. The Morgan fingerprint density at radius 1 is 1.22 bits per heavy atom. The average molecular weight is 360 g/mol. The molecular formula is C16H26ClN3O2S. The van der Waals surface area contributed by atoms with E-state index in [4.69, 9.17) is 11.6 Å². The third-order valence-electron chi connectivity index (χ3n) is 4.31. The largest absolute Gasteiger partial charge is 0.303 e. The van der Waals surface area contributed by atoms with Crippen LogP contribution in [0.4, 0.5) is 0 Å². The van der Waals surface area contributed by atoms with Gasteiger partial charge in [-0.1, -0.05) is 30.2 Å². The van der Waals surface area contributed by atoms with E-state index < -0.39 is 10.2 Å². The lowest BCUT2D eigenvalue weighted by Crippen LogP contribution is -2.36. The molecule has 1 aliphatic rings. The van der Waals surface area contributed by atoms with Crippen LogP contribution in [0.5, 0.6) is 0 Å². The number of likely N-dealkylation sites (tertiary alicyclic amines) is 1. The summed E-state index contributed by atoms with van der Waals surface area (Å²) in [6, 6.07) is 7.79. The SMILES string of the molecule is CN1CCC[C@@H]1CCCCNS(=O)(=O)NCc1ccc(Cl)cc1. The van der Waals surface area contributed by atoms with Crippen molar-refractivity contribution in [2.75, 3.05) is 20.1 Å². The van der Waals surface area contributed by atoms with E-state index in [9.17, 15) is 8.42 Å². The number of nitrogens with one attached hydrogen (secondary N) is 2. The Hall–Kier alpha value is -0.660. The summed E-state index contributed by atoms with van der Waals surface area (Å²) in [4.78, 5) is 2.40. The molecule has 130 valence electrons. The first kappa shape index (κ1) is 18.7. The topological polar surface area (TPSA) is 61.4 Å². The van der Waals surface area contributed by atoms with Crippen LogP contribution in [0.2, 0.25) is 5.02 Å². The number of benzene rings is 1. The van der Waals surface area contributed by atoms with Crippen molar-refractivity contribution >= 4 is 21.8 Å². The lowest BCUT2D eigenvalue weighted by atomic mass is 10.1. The summed E-state index contributed by atoms with van der Waals surface area (Å²) >= 11 is 5.80. The van der Waals surface area contributed by atoms with Crippen molar-refractivity contribution in [2.24, 2.45) is 0 Å². The van der Waals surface area contributed by atoms with Crippen molar-refractivity contribution in [1.29, 1.82) is 0 Å². The number of hydrogen-bond acceptors (Lipinski definition) is 3. The van der Waals surface area contributed by atoms with E-state index in [1.54, 1.807) is 12.1 Å². The van der Waals surface area contributed by atoms with Crippen LogP contribution in [0.25, 0.3) is 0 Å². The molecule has 2 rings (SSSR count). The molecule has 1 heterocycles. The van der Waals surface area contributed by atoms with Crippen molar-refractivity contribution in [3.63, 3.8) is 0 Å². The van der Waals surface area contributed by atoms with Crippen LogP contribution in [0.15, 0.2) is 24.3 Å². The first-order valence-corrected chi connectivity index (χ1v) is 10.0. The van der Waals surface area contributed by atoms with Gasteiger partial charge in [-0.3, -0.25) is 0 Å². The van der Waals surface area contributed by atoms with Crippen LogP contribution < -0.4 is 9.44 Å². The maximum absolute atomic E-state index is 11.9. The highest BCUT2D eigenvalue weighted by Gasteiger charge is 2.19. The fraction of sp³-hybridized carbons (Fsp3) is 0.625. The number of hydrogen-bond donors (Lipinski definition) is 2. The van der Waals surface area contributed by atoms with Crippen LogP contribution in [-0.2, 0) is 16.8 Å². The summed E-state index contributed by atoms with van der Waals surface area (Å²) < 4.78 is 28.9. The summed E-state index contributed by atoms with van der Waals surface area (Å²) in [5, 5.41) is 0.641. The van der Waals surface area contributed by atoms with Gasteiger partial charge in [0, 0.05) is 24.2 Å². The molecule has 23 heavy (non-hydrogen) atoms. The van der Waals surface area contributed by atoms with Crippen LogP contribution >= 0.6 is 11.6 Å². The van der Waals surface area contributed by atoms with Crippen molar-refractivity contribution in [1.82, 2.24) is 14.3 Å². The second-order valence-corrected chi connectivity index (χ2v) is 8.14. The molecule has 0 spiro atoms. The van der Waals surface area contributed by atoms with Crippen molar-refractivity contribution in [3.8, 4) is 0 Å². The first-order valence-electron chi connectivity index (χ1n) is 8.15. The van der Waals surface area contributed by atoms with Gasteiger partial charge in [-0.15, -0.1) is 0 Å². The molecule has 5 nitrogen and oxygen atoms in total. The molecule has 0 radical (unpaired) electrons. The standard InChI is InChI=1S/C16H26ClN3O2S/c1-20-12-4-6-16(20)5-2-3-11-18-23(21,22)19-13-14-7-9-15(17)10-8-14/h7-10,16,18-19H,2-6,11-13H2,1H3/t16-/m0/s1. The van der Waals surface area contributed by atoms with Gasteiger partial charge in [0.15, 0.2) is 0 Å². The maximum Gasteiger partial charge on any atom is 0.277 e. The zero-order chi connectivity index (χ0) is 16.7. The third kappa shape index (κ3) is 6.77. The second kappa shape index (κ2) is 8.99. The van der Waals surface area contributed by atoms with Crippen molar-refractivity contribution in [3.05, 3.63) is 34.9 Å². The molecule has 0 bridgehead atoms. The Bertz CT molecular complexity index is 577. The van der Waals surface area contributed by atoms with E-state index in [2.05, 4.69) is 21.4 Å². The Morgan fingerprint density at radius 2 is 1.96 bits per heavy atom. The fourth-order valence-electron chi connectivity index (χ4n) is 2.89. The number of halogens is 1. The fourth-order valence-corrected chi connectivity index (χ4v) is 3.88. The molecule has 0 aromatic heterocycles. The van der Waals surface area contributed by atoms with Gasteiger partial charge in [0.2, 0.25) is 0 Å². The number of rotatable bonds is 9. The molecule has 2 N–H and O–H groups in total. The van der Waals surface area contributed by atoms with Crippen molar-refractivity contribution in [2.45, 2.75) is 44.7 Å². The summed E-state index contributed by atoms with van der Waals surface area (Å²) in [5.74, 6) is 0. The molecular weight excluding hydrogens is 334 g/mol. The Morgan fingerprint density at radius 3 is 2.61 bits per heavy atom. The highest BCUT2D eigenvalue weighted by molar-refractivity contribution is 7.87. The average Bonchev–Trinajstić information content (AvgIpc) is 2.92. The quantitative estimate of drug-likeness (QED) is 0.666. The lowest BCUT2D eigenvalue weighted by Gasteiger charge is -2.18. The van der Waals surface area contributed by atoms with Crippen LogP contribution in [-0.4, -0.2) is 39.5 Å². The molecule has 1 aromatic rings. The molecule has 1 fully saturated rings. The van der Waals surface area contributed by atoms with Gasteiger partial charge < -0.3 is 4.90 Å². The predicted octanol–water partition coefficient (Wildman–Crippen LogP) is 2.53. The molecule has 0 saturated carbocycles. The Labute approximate surface area is 144 Å². The minimum absolute atomic E-state index is 0.263. The van der Waals surface area contributed by atoms with Gasteiger partial charge >= 0.3 is 0 Å². The van der Waals surface area contributed by atoms with E-state index >= 15 is 0 Å². The van der Waals surface area contributed by atoms with E-state index in [0.29, 0.717) is 17.6 Å².